The van der Waals surface area contributed by atoms with E-state index in [0.29, 0.717) is 0 Å². The van der Waals surface area contributed by atoms with Gasteiger partial charge in [0.25, 0.3) is 0 Å². The molecule has 0 unspecified atom stereocenters. The van der Waals surface area contributed by atoms with Crippen molar-refractivity contribution in [3.8, 4) is 6.07 Å². The highest BCUT2D eigenvalue weighted by atomic mass is 14.8. The maximum atomic E-state index is 8.86. The van der Waals surface area contributed by atoms with Gasteiger partial charge < -0.3 is 5.32 Å². The van der Waals surface area contributed by atoms with Crippen molar-refractivity contribution >= 4 is 17.5 Å². The van der Waals surface area contributed by atoms with Crippen molar-refractivity contribution in [1.82, 2.24) is 5.32 Å². The summed E-state index contributed by atoms with van der Waals surface area (Å²) in [6, 6.07) is 14.5. The lowest BCUT2D eigenvalue weighted by atomic mass is 9.93. The van der Waals surface area contributed by atoms with Gasteiger partial charge in [-0.25, -0.2) is 0 Å². The first kappa shape index (κ1) is 24.0. The van der Waals surface area contributed by atoms with Crippen molar-refractivity contribution in [3.63, 3.8) is 0 Å². The van der Waals surface area contributed by atoms with Gasteiger partial charge in [-0.2, -0.15) is 5.26 Å². The molecule has 0 saturated carbocycles. The molecule has 0 aromatic heterocycles. The van der Waals surface area contributed by atoms with Crippen LogP contribution < -0.4 is 5.32 Å². The van der Waals surface area contributed by atoms with Gasteiger partial charge in [0.2, 0.25) is 0 Å². The summed E-state index contributed by atoms with van der Waals surface area (Å²) in [4.78, 5) is 5.10. The molecule has 32 heavy (non-hydrogen) atoms. The number of nitrogens with one attached hydrogen (secondary N) is 1. The molecule has 3 heteroatoms. The molecular formula is C29H37N3. The van der Waals surface area contributed by atoms with E-state index in [4.69, 9.17) is 10.3 Å². The number of hydrogen-bond donors (Lipinski definition) is 1. The maximum Gasteiger partial charge on any atom is 0.0991 e. The molecule has 2 aromatic carbocycles. The fourth-order valence-corrected chi connectivity index (χ4v) is 4.34. The normalized spacial score (nSPS) is 13.1. The maximum absolute atomic E-state index is 8.86. The third kappa shape index (κ3) is 7.18. The van der Waals surface area contributed by atoms with Gasteiger partial charge >= 0.3 is 0 Å². The molecule has 1 aliphatic carbocycles. The van der Waals surface area contributed by atoms with Gasteiger partial charge in [-0.1, -0.05) is 56.5 Å². The van der Waals surface area contributed by atoms with Crippen molar-refractivity contribution in [2.45, 2.75) is 78.2 Å². The summed E-state index contributed by atoms with van der Waals surface area (Å²) >= 11 is 0. The number of nitriles is 1. The van der Waals surface area contributed by atoms with Crippen molar-refractivity contribution in [1.29, 1.82) is 5.26 Å². The van der Waals surface area contributed by atoms with E-state index in [0.717, 1.165) is 56.4 Å². The average molecular weight is 428 g/mol. The summed E-state index contributed by atoms with van der Waals surface area (Å²) in [6.07, 6.45) is 15.2. The Kier molecular flexibility index (Phi) is 9.72. The molecule has 2 aromatic rings. The number of nitrogens with zero attached hydrogens (tertiary/aromatic N) is 2. The zero-order valence-electron chi connectivity index (χ0n) is 19.8. The minimum absolute atomic E-state index is 0.721. The summed E-state index contributed by atoms with van der Waals surface area (Å²) in [5.74, 6) is 0. The zero-order chi connectivity index (χ0) is 22.6. The van der Waals surface area contributed by atoms with Crippen LogP contribution in [0.1, 0.15) is 86.1 Å². The predicted octanol–water partition coefficient (Wildman–Crippen LogP) is 7.44. The van der Waals surface area contributed by atoms with Crippen LogP contribution in [0.2, 0.25) is 0 Å². The second kappa shape index (κ2) is 13.0. The standard InChI is InChI=1S/C29H37N3/c1-3-10-27(32-29-19-18-26-11-7-8-13-28(26)23(29)2)12-6-4-5-9-20-31-22-25-16-14-24(21-30)15-17-25/h8,13-19,31H,3-7,9-12,20,22H2,1-2H3. The minimum atomic E-state index is 0.721. The summed E-state index contributed by atoms with van der Waals surface area (Å²) in [5, 5.41) is 12.4. The summed E-state index contributed by atoms with van der Waals surface area (Å²) in [7, 11) is 0. The molecular weight excluding hydrogens is 390 g/mol. The van der Waals surface area contributed by atoms with Crippen LogP contribution in [0.25, 0.3) is 6.08 Å². The van der Waals surface area contributed by atoms with Crippen LogP contribution >= 0.6 is 0 Å². The van der Waals surface area contributed by atoms with Gasteiger partial charge in [-0.05, 0) is 92.4 Å². The molecule has 168 valence electrons. The third-order valence-corrected chi connectivity index (χ3v) is 6.24. The number of benzene rings is 2. The third-order valence-electron chi connectivity index (χ3n) is 6.24. The Morgan fingerprint density at radius 1 is 1.03 bits per heavy atom. The smallest absolute Gasteiger partial charge is 0.0991 e. The first-order chi connectivity index (χ1) is 15.7. The monoisotopic (exact) mass is 427 g/mol. The highest BCUT2D eigenvalue weighted by Crippen LogP contribution is 2.30. The Bertz CT molecular complexity index is 961. The second-order valence-electron chi connectivity index (χ2n) is 8.80. The minimum Gasteiger partial charge on any atom is -0.313 e. The fourth-order valence-electron chi connectivity index (χ4n) is 4.34. The van der Waals surface area contributed by atoms with Crippen molar-refractivity contribution in [3.05, 3.63) is 70.3 Å². The van der Waals surface area contributed by atoms with E-state index in [1.165, 1.54) is 53.6 Å². The van der Waals surface area contributed by atoms with Gasteiger partial charge in [0.1, 0.15) is 0 Å². The van der Waals surface area contributed by atoms with Crippen LogP contribution in [0.5, 0.6) is 0 Å². The Morgan fingerprint density at radius 3 is 2.62 bits per heavy atom. The van der Waals surface area contributed by atoms with Crippen LogP contribution in [0.3, 0.4) is 0 Å². The molecule has 0 fully saturated rings. The fraction of sp³-hybridized carbons (Fsp3) is 0.448. The lowest BCUT2D eigenvalue weighted by Gasteiger charge is -2.15. The van der Waals surface area contributed by atoms with Gasteiger partial charge in [0, 0.05) is 12.3 Å². The first-order valence-electron chi connectivity index (χ1n) is 12.3. The van der Waals surface area contributed by atoms with Crippen LogP contribution in [-0.4, -0.2) is 12.3 Å². The Balaban J connectivity index is 1.39. The molecule has 0 aliphatic heterocycles. The predicted molar refractivity (Wildman–Crippen MR) is 136 cm³/mol. The SMILES string of the molecule is CCCC(CCCCCCNCc1ccc(C#N)cc1)=Nc1ccc2c(c1C)C=CCC2. The summed E-state index contributed by atoms with van der Waals surface area (Å²) < 4.78 is 0. The number of hydrogen-bond acceptors (Lipinski definition) is 3. The van der Waals surface area contributed by atoms with Gasteiger partial charge in [-0.3, -0.25) is 4.99 Å². The number of fused-ring (bicyclic) bond motifs is 1. The Labute approximate surface area is 194 Å². The van der Waals surface area contributed by atoms with Crippen LogP contribution in [0.4, 0.5) is 5.69 Å². The van der Waals surface area contributed by atoms with Crippen LogP contribution in [-0.2, 0) is 13.0 Å². The molecule has 0 saturated heterocycles. The lowest BCUT2D eigenvalue weighted by Crippen LogP contribution is -2.14. The van der Waals surface area contributed by atoms with Gasteiger partial charge in [-0.15, -0.1) is 0 Å². The number of aliphatic imine (C=N–C) groups is 1. The molecule has 0 atom stereocenters. The Hall–Kier alpha value is -2.70. The van der Waals surface area contributed by atoms with Crippen molar-refractivity contribution < 1.29 is 0 Å². The van der Waals surface area contributed by atoms with Crippen LogP contribution in [0.15, 0.2) is 47.5 Å². The molecule has 0 amide bonds. The topological polar surface area (TPSA) is 48.2 Å². The van der Waals surface area contributed by atoms with E-state index in [9.17, 15) is 0 Å². The van der Waals surface area contributed by atoms with E-state index in [-0.39, 0.29) is 0 Å². The average Bonchev–Trinajstić information content (AvgIpc) is 2.83. The molecule has 0 radical (unpaired) electrons. The highest BCUT2D eigenvalue weighted by molar-refractivity contribution is 5.87. The molecule has 1 N–H and O–H groups in total. The van der Waals surface area contributed by atoms with E-state index >= 15 is 0 Å². The van der Waals surface area contributed by atoms with Crippen molar-refractivity contribution in [2.24, 2.45) is 4.99 Å². The van der Waals surface area contributed by atoms with Gasteiger partial charge in [0.05, 0.1) is 17.3 Å². The van der Waals surface area contributed by atoms with Crippen LogP contribution in [0, 0.1) is 18.3 Å². The van der Waals surface area contributed by atoms with Crippen molar-refractivity contribution in [2.75, 3.05) is 6.54 Å². The van der Waals surface area contributed by atoms with E-state index in [1.807, 2.05) is 24.3 Å². The number of rotatable bonds is 12. The van der Waals surface area contributed by atoms with E-state index < -0.39 is 0 Å². The Morgan fingerprint density at radius 2 is 1.84 bits per heavy atom. The quantitative estimate of drug-likeness (QED) is 0.283. The number of allylic oxidation sites excluding steroid dienone is 1. The highest BCUT2D eigenvalue weighted by Gasteiger charge is 2.10. The zero-order valence-corrected chi connectivity index (χ0v) is 19.8. The molecule has 0 bridgehead atoms. The molecule has 3 nitrogen and oxygen atoms in total. The number of unbranched alkanes of at least 4 members (excludes halogenated alkanes) is 3. The lowest BCUT2D eigenvalue weighted by molar-refractivity contribution is 0.591. The second-order valence-corrected chi connectivity index (χ2v) is 8.80. The number of aryl methyl sites for hydroxylation is 1. The largest absolute Gasteiger partial charge is 0.313 e. The summed E-state index contributed by atoms with van der Waals surface area (Å²) in [5.41, 5.74) is 8.66. The van der Waals surface area contributed by atoms with E-state index in [1.54, 1.807) is 0 Å². The molecule has 0 heterocycles. The molecule has 0 spiro atoms. The van der Waals surface area contributed by atoms with Gasteiger partial charge in [0.15, 0.2) is 0 Å². The molecule has 3 rings (SSSR count). The molecule has 1 aliphatic rings. The van der Waals surface area contributed by atoms with E-state index in [2.05, 4.69) is 49.5 Å². The first-order valence-corrected chi connectivity index (χ1v) is 12.3. The summed E-state index contributed by atoms with van der Waals surface area (Å²) in [6.45, 7) is 6.38.